The summed E-state index contributed by atoms with van der Waals surface area (Å²) in [5, 5.41) is 0. The van der Waals surface area contributed by atoms with E-state index in [9.17, 15) is 9.18 Å². The Balaban J connectivity index is 1.85. The highest BCUT2D eigenvalue weighted by Gasteiger charge is 2.25. The molecule has 1 unspecified atom stereocenters. The van der Waals surface area contributed by atoms with E-state index in [2.05, 4.69) is 15.9 Å². The van der Waals surface area contributed by atoms with Crippen LogP contribution in [0.5, 0.6) is 0 Å². The summed E-state index contributed by atoms with van der Waals surface area (Å²) in [6.45, 7) is 4.33. The second-order valence-electron chi connectivity index (χ2n) is 6.28. The molecule has 1 fully saturated rings. The third kappa shape index (κ3) is 4.50. The summed E-state index contributed by atoms with van der Waals surface area (Å²) in [4.78, 5) is 14.9. The Morgan fingerprint density at radius 3 is 2.96 bits per heavy atom. The molecule has 1 aliphatic heterocycles. The molecule has 3 rings (SSSR count). The molecule has 1 aliphatic rings. The molecule has 1 aromatic heterocycles. The fourth-order valence-electron chi connectivity index (χ4n) is 3.19. The van der Waals surface area contributed by atoms with E-state index in [0.29, 0.717) is 25.3 Å². The van der Waals surface area contributed by atoms with Gasteiger partial charge in [0.25, 0.3) is 5.91 Å². The van der Waals surface area contributed by atoms with Crippen molar-refractivity contribution in [1.82, 2.24) is 9.47 Å². The van der Waals surface area contributed by atoms with Crippen LogP contribution in [-0.2, 0) is 17.8 Å². The number of aromatic nitrogens is 1. The van der Waals surface area contributed by atoms with Gasteiger partial charge in [-0.25, -0.2) is 4.39 Å². The highest BCUT2D eigenvalue weighted by atomic mass is 79.9. The molecule has 0 saturated carbocycles. The van der Waals surface area contributed by atoms with Gasteiger partial charge >= 0.3 is 0 Å². The molecule has 1 aromatic carbocycles. The standard InChI is InChI=1S/C19H22BrFN2O2/c1-2-22-12-15(20)10-18(22)19(24)23(13-17-7-4-8-25-17)11-14-5-3-6-16(21)9-14/h3,5-6,9-10,12,17H,2,4,7-8,11,13H2,1H3. The first-order valence-corrected chi connectivity index (χ1v) is 9.37. The Labute approximate surface area is 155 Å². The maximum Gasteiger partial charge on any atom is 0.270 e. The molecule has 0 bridgehead atoms. The minimum atomic E-state index is -0.290. The van der Waals surface area contributed by atoms with Crippen molar-refractivity contribution in [3.05, 3.63) is 58.1 Å². The number of halogens is 2. The van der Waals surface area contributed by atoms with Crippen molar-refractivity contribution in [3.8, 4) is 0 Å². The van der Waals surface area contributed by atoms with Gasteiger partial charge in [-0.05, 0) is 59.5 Å². The molecule has 4 nitrogen and oxygen atoms in total. The fraction of sp³-hybridized carbons (Fsp3) is 0.421. The molecular weight excluding hydrogens is 387 g/mol. The van der Waals surface area contributed by atoms with Gasteiger partial charge in [-0.1, -0.05) is 12.1 Å². The molecule has 134 valence electrons. The molecule has 1 amide bonds. The van der Waals surface area contributed by atoms with Crippen LogP contribution in [-0.4, -0.2) is 34.6 Å². The molecule has 6 heteroatoms. The Morgan fingerprint density at radius 2 is 2.28 bits per heavy atom. The number of carbonyl (C=O) groups excluding carboxylic acids is 1. The average molecular weight is 409 g/mol. The molecule has 2 heterocycles. The number of rotatable bonds is 6. The molecule has 0 aliphatic carbocycles. The van der Waals surface area contributed by atoms with E-state index in [1.165, 1.54) is 12.1 Å². The van der Waals surface area contributed by atoms with Gasteiger partial charge < -0.3 is 14.2 Å². The molecule has 1 saturated heterocycles. The van der Waals surface area contributed by atoms with Crippen molar-refractivity contribution in [2.75, 3.05) is 13.2 Å². The van der Waals surface area contributed by atoms with E-state index >= 15 is 0 Å². The molecule has 1 atom stereocenters. The van der Waals surface area contributed by atoms with Crippen LogP contribution in [0.2, 0.25) is 0 Å². The first-order valence-electron chi connectivity index (χ1n) is 8.58. The molecule has 0 spiro atoms. The van der Waals surface area contributed by atoms with E-state index < -0.39 is 0 Å². The van der Waals surface area contributed by atoms with E-state index in [1.54, 1.807) is 11.0 Å². The molecule has 25 heavy (non-hydrogen) atoms. The summed E-state index contributed by atoms with van der Waals surface area (Å²) in [7, 11) is 0. The van der Waals surface area contributed by atoms with Crippen LogP contribution in [0.25, 0.3) is 0 Å². The molecular formula is C19H22BrFN2O2. The van der Waals surface area contributed by atoms with E-state index in [1.807, 2.05) is 29.8 Å². The van der Waals surface area contributed by atoms with E-state index in [0.717, 1.165) is 29.5 Å². The predicted molar refractivity (Wildman–Crippen MR) is 97.9 cm³/mol. The SMILES string of the molecule is CCn1cc(Br)cc1C(=O)N(Cc1cccc(F)c1)CC1CCCO1. The van der Waals surface area contributed by atoms with Gasteiger partial charge in [0.1, 0.15) is 11.5 Å². The zero-order valence-corrected chi connectivity index (χ0v) is 15.8. The van der Waals surface area contributed by atoms with Crippen LogP contribution in [0, 0.1) is 5.82 Å². The number of nitrogens with zero attached hydrogens (tertiary/aromatic N) is 2. The normalized spacial score (nSPS) is 17.0. The summed E-state index contributed by atoms with van der Waals surface area (Å²) in [6.07, 6.45) is 3.92. The Kier molecular flexibility index (Phi) is 5.91. The number of hydrogen-bond donors (Lipinski definition) is 0. The number of carbonyl (C=O) groups is 1. The number of aryl methyl sites for hydroxylation is 1. The highest BCUT2D eigenvalue weighted by Crippen LogP contribution is 2.21. The number of hydrogen-bond acceptors (Lipinski definition) is 2. The van der Waals surface area contributed by atoms with E-state index in [4.69, 9.17) is 4.74 Å². The van der Waals surface area contributed by atoms with Gasteiger partial charge in [-0.3, -0.25) is 4.79 Å². The Morgan fingerprint density at radius 1 is 1.44 bits per heavy atom. The monoisotopic (exact) mass is 408 g/mol. The summed E-state index contributed by atoms with van der Waals surface area (Å²) in [6, 6.07) is 8.23. The summed E-state index contributed by atoms with van der Waals surface area (Å²) < 4.78 is 22.0. The number of benzene rings is 1. The minimum Gasteiger partial charge on any atom is -0.376 e. The van der Waals surface area contributed by atoms with Crippen LogP contribution in [0.3, 0.4) is 0 Å². The summed E-state index contributed by atoms with van der Waals surface area (Å²) in [5.41, 5.74) is 1.41. The van der Waals surface area contributed by atoms with E-state index in [-0.39, 0.29) is 17.8 Å². The largest absolute Gasteiger partial charge is 0.376 e. The van der Waals surface area contributed by atoms with Gasteiger partial charge in [0.15, 0.2) is 0 Å². The molecule has 2 aromatic rings. The maximum absolute atomic E-state index is 13.5. The first kappa shape index (κ1) is 18.1. The molecule has 0 radical (unpaired) electrons. The van der Waals surface area contributed by atoms with Gasteiger partial charge in [0.05, 0.1) is 6.10 Å². The lowest BCUT2D eigenvalue weighted by molar-refractivity contribution is 0.0499. The fourth-order valence-corrected chi connectivity index (χ4v) is 3.65. The summed E-state index contributed by atoms with van der Waals surface area (Å²) >= 11 is 3.44. The topological polar surface area (TPSA) is 34.5 Å². The number of ether oxygens (including phenoxy) is 1. The van der Waals surface area contributed by atoms with Crippen molar-refractivity contribution < 1.29 is 13.9 Å². The van der Waals surface area contributed by atoms with Crippen molar-refractivity contribution in [2.45, 2.75) is 39.0 Å². The van der Waals surface area contributed by atoms with Crippen LogP contribution in [0.15, 0.2) is 41.0 Å². The third-order valence-corrected chi connectivity index (χ3v) is 4.85. The van der Waals surface area contributed by atoms with Crippen molar-refractivity contribution in [2.24, 2.45) is 0 Å². The van der Waals surface area contributed by atoms with Gasteiger partial charge in [0.2, 0.25) is 0 Å². The van der Waals surface area contributed by atoms with Crippen molar-refractivity contribution in [1.29, 1.82) is 0 Å². The lowest BCUT2D eigenvalue weighted by Gasteiger charge is -2.26. The van der Waals surface area contributed by atoms with Crippen LogP contribution >= 0.6 is 15.9 Å². The summed E-state index contributed by atoms with van der Waals surface area (Å²) in [5.74, 6) is -0.353. The van der Waals surface area contributed by atoms with Crippen molar-refractivity contribution >= 4 is 21.8 Å². The van der Waals surface area contributed by atoms with Gasteiger partial charge in [-0.15, -0.1) is 0 Å². The maximum atomic E-state index is 13.5. The Bertz CT molecular complexity index is 741. The second-order valence-corrected chi connectivity index (χ2v) is 7.20. The number of amides is 1. The minimum absolute atomic E-state index is 0.0472. The lowest BCUT2D eigenvalue weighted by Crippen LogP contribution is -2.37. The highest BCUT2D eigenvalue weighted by molar-refractivity contribution is 9.10. The molecule has 0 N–H and O–H groups in total. The van der Waals surface area contributed by atoms with Gasteiger partial charge in [0, 0.05) is 36.9 Å². The van der Waals surface area contributed by atoms with Crippen molar-refractivity contribution in [3.63, 3.8) is 0 Å². The average Bonchev–Trinajstić information content (AvgIpc) is 3.22. The zero-order valence-electron chi connectivity index (χ0n) is 14.3. The zero-order chi connectivity index (χ0) is 17.8. The first-order chi connectivity index (χ1) is 12.1. The Hall–Kier alpha value is -1.66. The smallest absolute Gasteiger partial charge is 0.270 e. The van der Waals surface area contributed by atoms with Gasteiger partial charge in [-0.2, -0.15) is 0 Å². The second kappa shape index (κ2) is 8.15. The third-order valence-electron chi connectivity index (χ3n) is 4.42. The van der Waals surface area contributed by atoms with Crippen LogP contribution < -0.4 is 0 Å². The lowest BCUT2D eigenvalue weighted by atomic mass is 10.1. The van der Waals surface area contributed by atoms with Crippen LogP contribution in [0.1, 0.15) is 35.8 Å². The van der Waals surface area contributed by atoms with Crippen LogP contribution in [0.4, 0.5) is 4.39 Å². The quantitative estimate of drug-likeness (QED) is 0.716. The predicted octanol–water partition coefficient (Wildman–Crippen LogP) is 4.23.